The lowest BCUT2D eigenvalue weighted by atomic mass is 9.84. The van der Waals surface area contributed by atoms with Crippen molar-refractivity contribution in [1.82, 2.24) is 0 Å². The third-order valence-electron chi connectivity index (χ3n) is 15.1. The van der Waals surface area contributed by atoms with Crippen LogP contribution in [0, 0.1) is 12.3 Å². The maximum atomic E-state index is 16.7. The average molecular weight is 1530 g/mol. The Bertz CT molecular complexity index is 4040. The monoisotopic (exact) mass is 1530 g/mol. The Labute approximate surface area is 617 Å². The summed E-state index contributed by atoms with van der Waals surface area (Å²) < 4.78 is 161. The van der Waals surface area contributed by atoms with Gasteiger partial charge in [-0.1, -0.05) is 139 Å². The van der Waals surface area contributed by atoms with Crippen molar-refractivity contribution in [3.8, 4) is 46.8 Å². The fraction of sp³-hybridized carbons (Fsp3) is 0.273. The molecule has 0 aliphatic heterocycles. The number of hydrogen-bond acceptors (Lipinski definition) is 27. The van der Waals surface area contributed by atoms with Crippen LogP contribution in [0.4, 0.5) is 0 Å². The Kier molecular flexibility index (Phi) is 30.3. The summed E-state index contributed by atoms with van der Waals surface area (Å²) in [5.41, 5.74) is 3.00. The molecule has 30 heteroatoms. The van der Waals surface area contributed by atoms with E-state index in [2.05, 4.69) is 5.92 Å². The fourth-order valence-electron chi connectivity index (χ4n) is 10.3. The summed E-state index contributed by atoms with van der Waals surface area (Å²) in [6, 6.07) is 53.0. The molecule has 1 saturated carbocycles. The number of terminal acetylenes is 1. The molecule has 27 nitrogen and oxygen atoms in total. The van der Waals surface area contributed by atoms with Gasteiger partial charge in [-0.2, -0.15) is 0 Å². The molecule has 562 valence electrons. The predicted octanol–water partition coefficient (Wildman–Crippen LogP) is 14.5. The Morgan fingerprint density at radius 3 is 0.654 bits per heavy atom. The molecule has 8 aromatic rings. The lowest BCUT2D eigenvalue weighted by Gasteiger charge is -2.49. The minimum Gasteiger partial charge on any atom is -0.427 e. The number of benzene rings is 8. The van der Waals surface area contributed by atoms with Crippen LogP contribution in [0.5, 0.6) is 34.5 Å². The number of ether oxygens (including phenoxy) is 9. The van der Waals surface area contributed by atoms with Crippen LogP contribution < -0.4 is 28.4 Å². The summed E-state index contributed by atoms with van der Waals surface area (Å²) in [6.45, 7) is 2.68. The van der Waals surface area contributed by atoms with Gasteiger partial charge in [-0.25, -0.2) is 13.7 Å². The Hall–Kier alpha value is -9.65. The Morgan fingerprint density at radius 2 is 0.458 bits per heavy atom. The van der Waals surface area contributed by atoms with Gasteiger partial charge in [0.15, 0.2) is 0 Å². The zero-order valence-electron chi connectivity index (χ0n) is 58.9. The Balaban J connectivity index is 1.28. The van der Waals surface area contributed by atoms with E-state index in [1.165, 1.54) is 187 Å². The van der Waals surface area contributed by atoms with Crippen LogP contribution in [-0.2, 0) is 150 Å². The zero-order valence-corrected chi connectivity index (χ0v) is 61.6. The van der Waals surface area contributed by atoms with E-state index in [0.29, 0.717) is 44.5 Å². The number of esters is 6. The van der Waals surface area contributed by atoms with Gasteiger partial charge in [-0.15, -0.1) is 6.42 Å². The molecule has 0 bridgehead atoms. The van der Waals surface area contributed by atoms with E-state index in [1.54, 1.807) is 60.7 Å². The smallest absolute Gasteiger partial charge is 0.427 e. The van der Waals surface area contributed by atoms with E-state index in [0.717, 1.165) is 0 Å². The number of phosphoric acid groups is 3. The van der Waals surface area contributed by atoms with Crippen LogP contribution in [0.3, 0.4) is 0 Å². The van der Waals surface area contributed by atoms with Crippen LogP contribution in [0.2, 0.25) is 0 Å². The van der Waals surface area contributed by atoms with Crippen LogP contribution in [-0.4, -0.2) is 79.0 Å². The van der Waals surface area contributed by atoms with Crippen LogP contribution in [0.1, 0.15) is 86.1 Å². The molecule has 0 N–H and O–H groups in total. The number of rotatable bonds is 38. The summed E-state index contributed by atoms with van der Waals surface area (Å²) in [5.74, 6) is -0.201. The van der Waals surface area contributed by atoms with Crippen molar-refractivity contribution >= 4 is 59.3 Å². The highest BCUT2D eigenvalue weighted by molar-refractivity contribution is 7.49. The van der Waals surface area contributed by atoms with E-state index in [-0.39, 0.29) is 47.7 Å². The minimum absolute atomic E-state index is 0.153. The molecule has 8 aromatic carbocycles. The number of phosphoric ester groups is 3. The van der Waals surface area contributed by atoms with Gasteiger partial charge in [0.05, 0.1) is 52.9 Å². The van der Waals surface area contributed by atoms with E-state index in [9.17, 15) is 28.8 Å². The molecular weight excluding hydrogens is 1450 g/mol. The predicted molar refractivity (Wildman–Crippen MR) is 381 cm³/mol. The standard InChI is InChI=1S/C77H77O27P3/c1-8-43-87-72-73(88-44-58-15-11-9-12-16-58)75(102-105(84,90-46-60-19-31-66(32-20-60)96-52(2)78)91-47-61-21-33-67(34-22-61)97-53(3)79)77(104-107(86,94-50-64-27-39-70(40-28-64)100-56(6)82)95-51-65-29-41-71(42-30-65)101-57(7)83)76(74(72)89-45-59-17-13-10-14-18-59)103-106(85,92-48-62-23-35-68(36-24-62)98-54(4)80)93-49-63-25-37-69(38-26-63)99-55(5)81/h1,9-42,72-77H,43-51H2,2-7H3/t72?,73-,74+,75+,76-,77?. The second-order valence-corrected chi connectivity index (χ2v) is 28.5. The molecule has 9 rings (SSSR count). The summed E-state index contributed by atoms with van der Waals surface area (Å²) in [5, 5.41) is 0. The molecule has 0 saturated heterocycles. The molecular formula is C77H77O27P3. The third kappa shape index (κ3) is 26.7. The molecule has 6 atom stereocenters. The van der Waals surface area contributed by atoms with E-state index < -0.39 is 142 Å². The van der Waals surface area contributed by atoms with Crippen molar-refractivity contribution in [2.45, 2.75) is 131 Å². The molecule has 0 spiro atoms. The van der Waals surface area contributed by atoms with Crippen LogP contribution >= 0.6 is 23.5 Å². The van der Waals surface area contributed by atoms with Gasteiger partial charge in [0, 0.05) is 41.5 Å². The van der Waals surface area contributed by atoms with Crippen molar-refractivity contribution in [3.63, 3.8) is 0 Å². The highest BCUT2D eigenvalue weighted by Gasteiger charge is 2.61. The molecule has 1 fully saturated rings. The lowest BCUT2D eigenvalue weighted by Crippen LogP contribution is -2.67. The molecule has 0 aromatic heterocycles. The second-order valence-electron chi connectivity index (χ2n) is 23.6. The van der Waals surface area contributed by atoms with Gasteiger partial charge >= 0.3 is 59.3 Å². The summed E-state index contributed by atoms with van der Waals surface area (Å²) in [6.07, 6.45) is -5.71. The maximum absolute atomic E-state index is 16.7. The van der Waals surface area contributed by atoms with Gasteiger partial charge in [0.1, 0.15) is 77.7 Å². The largest absolute Gasteiger partial charge is 0.475 e. The van der Waals surface area contributed by atoms with Crippen molar-refractivity contribution in [2.75, 3.05) is 6.61 Å². The zero-order chi connectivity index (χ0) is 76.4. The molecule has 1 aliphatic carbocycles. The Morgan fingerprint density at radius 1 is 0.271 bits per heavy atom. The first-order valence-electron chi connectivity index (χ1n) is 33.1. The number of carbonyl (C=O) groups excluding carboxylic acids is 6. The van der Waals surface area contributed by atoms with Gasteiger partial charge in [-0.3, -0.25) is 69.5 Å². The van der Waals surface area contributed by atoms with Crippen molar-refractivity contribution in [1.29, 1.82) is 0 Å². The van der Waals surface area contributed by atoms with E-state index in [1.807, 2.05) is 0 Å². The second kappa shape index (κ2) is 39.8. The fourth-order valence-corrected chi connectivity index (χ4v) is 14.4. The van der Waals surface area contributed by atoms with Gasteiger partial charge in [-0.05, 0) is 117 Å². The molecule has 0 heterocycles. The van der Waals surface area contributed by atoms with Crippen LogP contribution in [0.25, 0.3) is 0 Å². The number of carbonyl (C=O) groups is 6. The molecule has 2 unspecified atom stereocenters. The molecule has 0 amide bonds. The summed E-state index contributed by atoms with van der Waals surface area (Å²) in [4.78, 5) is 72.0. The highest BCUT2D eigenvalue weighted by atomic mass is 31.2. The number of hydrogen-bond donors (Lipinski definition) is 0. The molecule has 107 heavy (non-hydrogen) atoms. The first-order chi connectivity index (χ1) is 51.4. The van der Waals surface area contributed by atoms with Crippen molar-refractivity contribution < 1.29 is 126 Å². The van der Waals surface area contributed by atoms with Gasteiger partial charge in [0.2, 0.25) is 0 Å². The first-order valence-corrected chi connectivity index (χ1v) is 37.5. The van der Waals surface area contributed by atoms with E-state index in [4.69, 9.17) is 89.8 Å². The van der Waals surface area contributed by atoms with E-state index >= 15 is 13.7 Å². The average Bonchev–Trinajstić information content (AvgIpc) is 0.745. The molecule has 1 aliphatic rings. The minimum atomic E-state index is -5.46. The van der Waals surface area contributed by atoms with Crippen molar-refractivity contribution in [3.05, 3.63) is 251 Å². The molecule has 0 radical (unpaired) electrons. The SMILES string of the molecule is C#CCOC1[C@@H](OCc2ccccc2)[C@H](OP(=O)(OCc2ccc(OC(C)=O)cc2)OCc2ccc(OC(C)=O)cc2)C(OP(=O)(OCc2ccc(OC(C)=O)cc2)OCc2ccc(OC(C)=O)cc2)[C@H](OP(=O)(OCc2ccc(OC(C)=O)cc2)OCc2ccc(OC(C)=O)cc2)[C@H]1OCc1ccccc1. The summed E-state index contributed by atoms with van der Waals surface area (Å²) in [7, 11) is -16.2. The third-order valence-corrected chi connectivity index (χ3v) is 19.2. The normalized spacial score (nSPS) is 16.5. The maximum Gasteiger partial charge on any atom is 0.475 e. The van der Waals surface area contributed by atoms with Gasteiger partial charge < -0.3 is 42.6 Å². The quantitative estimate of drug-likeness (QED) is 0.0150. The van der Waals surface area contributed by atoms with Crippen molar-refractivity contribution in [2.24, 2.45) is 0 Å². The topological polar surface area (TPSA) is 320 Å². The lowest BCUT2D eigenvalue weighted by molar-refractivity contribution is -0.252. The van der Waals surface area contributed by atoms with Gasteiger partial charge in [0.25, 0.3) is 0 Å². The summed E-state index contributed by atoms with van der Waals surface area (Å²) >= 11 is 0. The first kappa shape index (κ1) is 81.4. The van der Waals surface area contributed by atoms with Crippen LogP contribution in [0.15, 0.2) is 206 Å². The highest BCUT2D eigenvalue weighted by Crippen LogP contribution is 2.61.